The van der Waals surface area contributed by atoms with Gasteiger partial charge in [-0.15, -0.1) is 0 Å². The van der Waals surface area contributed by atoms with E-state index in [4.69, 9.17) is 9.15 Å². The maximum atomic E-state index is 12.2. The Bertz CT molecular complexity index is 1000. The van der Waals surface area contributed by atoms with Gasteiger partial charge in [-0.05, 0) is 36.1 Å². The lowest BCUT2D eigenvalue weighted by Crippen LogP contribution is -2.21. The summed E-state index contributed by atoms with van der Waals surface area (Å²) in [4.78, 5) is 28.3. The lowest BCUT2D eigenvalue weighted by atomic mass is 9.98. The molecular formula is C22H22N2O4. The fourth-order valence-electron chi connectivity index (χ4n) is 2.80. The van der Waals surface area contributed by atoms with Gasteiger partial charge in [-0.3, -0.25) is 4.79 Å². The molecule has 3 rings (SSSR count). The van der Waals surface area contributed by atoms with E-state index < -0.39 is 5.97 Å². The molecule has 0 unspecified atom stereocenters. The monoisotopic (exact) mass is 378 g/mol. The molecule has 1 N–H and O–H groups in total. The molecule has 0 spiro atoms. The van der Waals surface area contributed by atoms with E-state index in [0.717, 1.165) is 16.8 Å². The van der Waals surface area contributed by atoms with E-state index in [1.54, 1.807) is 6.07 Å². The summed E-state index contributed by atoms with van der Waals surface area (Å²) in [7, 11) is 0. The van der Waals surface area contributed by atoms with Gasteiger partial charge in [-0.2, -0.15) is 0 Å². The summed E-state index contributed by atoms with van der Waals surface area (Å²) >= 11 is 0. The van der Waals surface area contributed by atoms with Crippen LogP contribution >= 0.6 is 0 Å². The van der Waals surface area contributed by atoms with Crippen molar-refractivity contribution in [3.05, 3.63) is 65.6 Å². The predicted molar refractivity (Wildman–Crippen MR) is 108 cm³/mol. The van der Waals surface area contributed by atoms with E-state index >= 15 is 0 Å². The maximum absolute atomic E-state index is 12.2. The van der Waals surface area contributed by atoms with Crippen LogP contribution in [0.25, 0.3) is 17.2 Å². The fourth-order valence-corrected chi connectivity index (χ4v) is 2.80. The molecule has 0 saturated carbocycles. The van der Waals surface area contributed by atoms with Gasteiger partial charge < -0.3 is 14.5 Å². The van der Waals surface area contributed by atoms with Crippen LogP contribution in [-0.4, -0.2) is 23.5 Å². The van der Waals surface area contributed by atoms with E-state index in [1.165, 1.54) is 12.2 Å². The zero-order valence-corrected chi connectivity index (χ0v) is 16.1. The number of nitrogens with zero attached hydrogens (tertiary/aromatic N) is 1. The number of nitrogens with one attached hydrogen (secondary N) is 1. The number of aromatic nitrogens is 1. The van der Waals surface area contributed by atoms with E-state index in [2.05, 4.69) is 24.1 Å². The summed E-state index contributed by atoms with van der Waals surface area (Å²) in [6.45, 7) is 5.67. The number of carbonyl (C=O) groups excluding carboxylic acids is 2. The van der Waals surface area contributed by atoms with Crippen molar-refractivity contribution < 1.29 is 18.7 Å². The summed E-state index contributed by atoms with van der Waals surface area (Å²) in [5, 5.41) is 2.84. The molecule has 0 bridgehead atoms. The number of fused-ring (bicyclic) bond motifs is 1. The summed E-state index contributed by atoms with van der Waals surface area (Å²) < 4.78 is 10.5. The first-order valence-electron chi connectivity index (χ1n) is 9.04. The number of anilines is 1. The van der Waals surface area contributed by atoms with E-state index in [-0.39, 0.29) is 18.4 Å². The zero-order valence-electron chi connectivity index (χ0n) is 16.1. The Hall–Kier alpha value is -3.41. The first-order chi connectivity index (χ1) is 13.4. The smallest absolute Gasteiger partial charge is 0.331 e. The van der Waals surface area contributed by atoms with Crippen LogP contribution < -0.4 is 5.32 Å². The molecule has 3 aromatic rings. The molecule has 2 aromatic carbocycles. The third kappa shape index (κ3) is 4.65. The molecule has 0 aliphatic heterocycles. The lowest BCUT2D eigenvalue weighted by molar-refractivity contribution is -0.142. The number of hydrogen-bond acceptors (Lipinski definition) is 5. The quantitative estimate of drug-likeness (QED) is 0.506. The number of amides is 1. The second-order valence-electron chi connectivity index (χ2n) is 6.70. The van der Waals surface area contributed by atoms with Gasteiger partial charge >= 0.3 is 5.97 Å². The van der Waals surface area contributed by atoms with Gasteiger partial charge in [-0.1, -0.05) is 44.2 Å². The summed E-state index contributed by atoms with van der Waals surface area (Å²) in [6, 6.07) is 13.2. The van der Waals surface area contributed by atoms with Crippen LogP contribution in [0.15, 0.2) is 53.0 Å². The van der Waals surface area contributed by atoms with Crippen molar-refractivity contribution in [2.75, 3.05) is 11.9 Å². The molecule has 1 aromatic heterocycles. The van der Waals surface area contributed by atoms with Gasteiger partial charge in [0.15, 0.2) is 12.2 Å². The van der Waals surface area contributed by atoms with Gasteiger partial charge in [-0.25, -0.2) is 9.78 Å². The molecule has 6 nitrogen and oxygen atoms in total. The van der Waals surface area contributed by atoms with Gasteiger partial charge in [0.25, 0.3) is 5.91 Å². The standard InChI is InChI=1S/C22H22N2O4/c1-14(2)16-8-6-7-15(3)22(16)24-19(25)13-27-21(26)12-11-20-23-17-9-4-5-10-18(17)28-20/h4-12,14H,13H2,1-3H3,(H,24,25)/b12-11+. The third-order valence-corrected chi connectivity index (χ3v) is 4.21. The van der Waals surface area contributed by atoms with Gasteiger partial charge in [0.1, 0.15) is 5.52 Å². The SMILES string of the molecule is Cc1cccc(C(C)C)c1NC(=O)COC(=O)/C=C/c1nc2ccccc2o1. The minimum absolute atomic E-state index is 0.261. The lowest BCUT2D eigenvalue weighted by Gasteiger charge is -2.16. The van der Waals surface area contributed by atoms with Crippen molar-refractivity contribution >= 4 is 34.7 Å². The second-order valence-corrected chi connectivity index (χ2v) is 6.70. The van der Waals surface area contributed by atoms with Gasteiger partial charge in [0.05, 0.1) is 0 Å². The predicted octanol–water partition coefficient (Wildman–Crippen LogP) is 4.45. The molecule has 0 aliphatic carbocycles. The van der Waals surface area contributed by atoms with Crippen molar-refractivity contribution in [2.24, 2.45) is 0 Å². The van der Waals surface area contributed by atoms with Crippen molar-refractivity contribution in [3.8, 4) is 0 Å². The van der Waals surface area contributed by atoms with Crippen LogP contribution in [0.2, 0.25) is 0 Å². The highest BCUT2D eigenvalue weighted by Crippen LogP contribution is 2.27. The molecular weight excluding hydrogens is 356 g/mol. The minimum Gasteiger partial charge on any atom is -0.452 e. The number of oxazole rings is 1. The number of esters is 1. The Morgan fingerprint density at radius 1 is 1.18 bits per heavy atom. The van der Waals surface area contributed by atoms with Crippen LogP contribution in [0.4, 0.5) is 5.69 Å². The van der Waals surface area contributed by atoms with Crippen molar-refractivity contribution in [1.82, 2.24) is 4.98 Å². The Kier molecular flexibility index (Phi) is 5.89. The van der Waals surface area contributed by atoms with E-state index in [1.807, 2.05) is 43.3 Å². The summed E-state index contributed by atoms with van der Waals surface area (Å²) in [5.41, 5.74) is 4.10. The molecule has 0 fully saturated rings. The first-order valence-corrected chi connectivity index (χ1v) is 9.04. The number of benzene rings is 2. The number of carbonyl (C=O) groups is 2. The molecule has 1 amide bonds. The van der Waals surface area contributed by atoms with Crippen molar-refractivity contribution in [2.45, 2.75) is 26.7 Å². The minimum atomic E-state index is -0.647. The number of aryl methyl sites for hydroxylation is 1. The molecule has 144 valence electrons. The van der Waals surface area contributed by atoms with Crippen LogP contribution in [0.1, 0.15) is 36.8 Å². The number of hydrogen-bond donors (Lipinski definition) is 1. The number of rotatable bonds is 6. The average molecular weight is 378 g/mol. The Morgan fingerprint density at radius 3 is 2.71 bits per heavy atom. The number of ether oxygens (including phenoxy) is 1. The fraction of sp³-hybridized carbons (Fsp3) is 0.227. The van der Waals surface area contributed by atoms with Gasteiger partial charge in [0, 0.05) is 17.8 Å². The normalized spacial score (nSPS) is 11.3. The molecule has 1 heterocycles. The highest BCUT2D eigenvalue weighted by Gasteiger charge is 2.13. The Labute approximate surface area is 163 Å². The number of para-hydroxylation sites is 3. The summed E-state index contributed by atoms with van der Waals surface area (Å²) in [5.74, 6) is -0.479. The largest absolute Gasteiger partial charge is 0.452 e. The highest BCUT2D eigenvalue weighted by atomic mass is 16.5. The molecule has 28 heavy (non-hydrogen) atoms. The summed E-state index contributed by atoms with van der Waals surface area (Å²) in [6.07, 6.45) is 2.60. The van der Waals surface area contributed by atoms with Crippen molar-refractivity contribution in [1.29, 1.82) is 0 Å². The molecule has 0 atom stereocenters. The molecule has 6 heteroatoms. The van der Waals surface area contributed by atoms with Crippen LogP contribution in [0.5, 0.6) is 0 Å². The Morgan fingerprint density at radius 2 is 1.96 bits per heavy atom. The van der Waals surface area contributed by atoms with E-state index in [0.29, 0.717) is 17.0 Å². The average Bonchev–Trinajstić information content (AvgIpc) is 3.09. The van der Waals surface area contributed by atoms with Crippen LogP contribution in [-0.2, 0) is 14.3 Å². The molecule has 0 radical (unpaired) electrons. The van der Waals surface area contributed by atoms with Gasteiger partial charge in [0.2, 0.25) is 5.89 Å². The first kappa shape index (κ1) is 19.4. The topological polar surface area (TPSA) is 81.4 Å². The third-order valence-electron chi connectivity index (χ3n) is 4.21. The molecule has 0 saturated heterocycles. The maximum Gasteiger partial charge on any atom is 0.331 e. The van der Waals surface area contributed by atoms with Crippen molar-refractivity contribution in [3.63, 3.8) is 0 Å². The van der Waals surface area contributed by atoms with E-state index in [9.17, 15) is 9.59 Å². The Balaban J connectivity index is 1.56. The van der Waals surface area contributed by atoms with Crippen LogP contribution in [0.3, 0.4) is 0 Å². The zero-order chi connectivity index (χ0) is 20.1. The second kappa shape index (κ2) is 8.52. The highest BCUT2D eigenvalue weighted by molar-refractivity contribution is 5.95. The van der Waals surface area contributed by atoms with Crippen LogP contribution in [0, 0.1) is 6.92 Å². The molecule has 0 aliphatic rings.